The third kappa shape index (κ3) is 2.68. The van der Waals surface area contributed by atoms with E-state index in [1.165, 1.54) is 30.4 Å². The van der Waals surface area contributed by atoms with Gasteiger partial charge in [-0.2, -0.15) is 0 Å². The number of fused-ring (bicyclic) bond motifs is 1. The second-order valence-corrected chi connectivity index (χ2v) is 6.87. The van der Waals surface area contributed by atoms with Crippen LogP contribution in [0.25, 0.3) is 11.3 Å². The monoisotopic (exact) mass is 307 g/mol. The fourth-order valence-electron chi connectivity index (χ4n) is 4.24. The highest BCUT2D eigenvalue weighted by Crippen LogP contribution is 2.41. The summed E-state index contributed by atoms with van der Waals surface area (Å²) in [5, 5.41) is 3.78. The highest BCUT2D eigenvalue weighted by molar-refractivity contribution is 5.58. The summed E-state index contributed by atoms with van der Waals surface area (Å²) in [5.74, 6) is 0. The molecule has 2 unspecified atom stereocenters. The fraction of sp³-hybridized carbons (Fsp3) is 0.450. The number of nitrogens with one attached hydrogen (secondary N) is 1. The van der Waals surface area contributed by atoms with Crippen LogP contribution in [0.5, 0.6) is 0 Å². The molecule has 2 fully saturated rings. The Bertz CT molecular complexity index is 648. The standard InChI is InChI=1S/C20H25N3/c1-2-20-11-10-19(20)23(14-13-22-20)15-16-6-8-17(9-7-16)18-5-3-4-12-21-18/h3-9,12,19,22H,2,10-11,13-15H2,1H3. The molecule has 3 heteroatoms. The smallest absolute Gasteiger partial charge is 0.0701 e. The minimum Gasteiger partial charge on any atom is -0.308 e. The van der Waals surface area contributed by atoms with Crippen molar-refractivity contribution in [3.8, 4) is 11.3 Å². The van der Waals surface area contributed by atoms with E-state index in [9.17, 15) is 0 Å². The molecule has 2 atom stereocenters. The number of aromatic nitrogens is 1. The van der Waals surface area contributed by atoms with E-state index >= 15 is 0 Å². The first-order chi connectivity index (χ1) is 11.3. The zero-order valence-electron chi connectivity index (χ0n) is 13.8. The maximum Gasteiger partial charge on any atom is 0.0701 e. The van der Waals surface area contributed by atoms with Gasteiger partial charge in [0.2, 0.25) is 0 Å². The van der Waals surface area contributed by atoms with Crippen molar-refractivity contribution in [1.82, 2.24) is 15.2 Å². The van der Waals surface area contributed by atoms with Crippen LogP contribution in [-0.4, -0.2) is 34.6 Å². The highest BCUT2D eigenvalue weighted by atomic mass is 15.3. The van der Waals surface area contributed by atoms with Gasteiger partial charge in [-0.25, -0.2) is 0 Å². The van der Waals surface area contributed by atoms with E-state index in [0.29, 0.717) is 5.54 Å². The molecule has 1 saturated heterocycles. The van der Waals surface area contributed by atoms with Gasteiger partial charge in [-0.15, -0.1) is 0 Å². The van der Waals surface area contributed by atoms with Crippen molar-refractivity contribution >= 4 is 0 Å². The van der Waals surface area contributed by atoms with Crippen molar-refractivity contribution in [2.75, 3.05) is 13.1 Å². The summed E-state index contributed by atoms with van der Waals surface area (Å²) < 4.78 is 0. The van der Waals surface area contributed by atoms with Gasteiger partial charge in [-0.05, 0) is 37.0 Å². The Morgan fingerprint density at radius 1 is 1.22 bits per heavy atom. The quantitative estimate of drug-likeness (QED) is 0.937. The van der Waals surface area contributed by atoms with Crippen molar-refractivity contribution in [2.45, 2.75) is 44.3 Å². The van der Waals surface area contributed by atoms with Gasteiger partial charge in [0.25, 0.3) is 0 Å². The molecule has 1 aliphatic heterocycles. The average molecular weight is 307 g/mol. The molecule has 4 rings (SSSR count). The van der Waals surface area contributed by atoms with Crippen LogP contribution in [0.15, 0.2) is 48.7 Å². The van der Waals surface area contributed by atoms with Crippen molar-refractivity contribution < 1.29 is 0 Å². The zero-order valence-corrected chi connectivity index (χ0v) is 13.8. The third-order valence-corrected chi connectivity index (χ3v) is 5.75. The van der Waals surface area contributed by atoms with Crippen LogP contribution in [-0.2, 0) is 6.54 Å². The minimum absolute atomic E-state index is 0.395. The Kier molecular flexibility index (Phi) is 3.92. The molecule has 2 heterocycles. The maximum absolute atomic E-state index is 4.43. The number of pyridine rings is 1. The number of piperazine rings is 1. The molecule has 0 amide bonds. The lowest BCUT2D eigenvalue weighted by atomic mass is 9.67. The van der Waals surface area contributed by atoms with Crippen LogP contribution in [0, 0.1) is 0 Å². The maximum atomic E-state index is 4.43. The predicted octanol–water partition coefficient (Wildman–Crippen LogP) is 3.47. The summed E-state index contributed by atoms with van der Waals surface area (Å²) in [6, 6.07) is 15.7. The van der Waals surface area contributed by atoms with Gasteiger partial charge in [0.1, 0.15) is 0 Å². The number of hydrogen-bond donors (Lipinski definition) is 1. The molecule has 0 spiro atoms. The normalized spacial score (nSPS) is 27.3. The third-order valence-electron chi connectivity index (χ3n) is 5.75. The Hall–Kier alpha value is -1.71. The topological polar surface area (TPSA) is 28.2 Å². The first-order valence-corrected chi connectivity index (χ1v) is 8.80. The fourth-order valence-corrected chi connectivity index (χ4v) is 4.24. The first-order valence-electron chi connectivity index (χ1n) is 8.80. The van der Waals surface area contributed by atoms with Crippen LogP contribution < -0.4 is 5.32 Å². The lowest BCUT2D eigenvalue weighted by Gasteiger charge is -2.58. The van der Waals surface area contributed by atoms with Crippen LogP contribution in [0.1, 0.15) is 31.7 Å². The van der Waals surface area contributed by atoms with E-state index in [1.54, 1.807) is 0 Å². The second kappa shape index (κ2) is 6.06. The van der Waals surface area contributed by atoms with Crippen molar-refractivity contribution in [3.63, 3.8) is 0 Å². The highest BCUT2D eigenvalue weighted by Gasteiger charge is 2.49. The molecule has 3 nitrogen and oxygen atoms in total. The lowest BCUT2D eigenvalue weighted by molar-refractivity contribution is -0.0275. The average Bonchev–Trinajstić information content (AvgIpc) is 2.58. The van der Waals surface area contributed by atoms with Crippen molar-refractivity contribution in [1.29, 1.82) is 0 Å². The van der Waals surface area contributed by atoms with E-state index in [1.807, 2.05) is 18.3 Å². The summed E-state index contributed by atoms with van der Waals surface area (Å²) in [7, 11) is 0. The van der Waals surface area contributed by atoms with E-state index in [-0.39, 0.29) is 0 Å². The number of rotatable bonds is 4. The Balaban J connectivity index is 1.47. The molecule has 2 aliphatic rings. The minimum atomic E-state index is 0.395. The predicted molar refractivity (Wildman–Crippen MR) is 94.1 cm³/mol. The molecule has 2 aromatic rings. The molecule has 1 aromatic heterocycles. The SMILES string of the molecule is CCC12CCC1N(Cc1ccc(-c3ccccn3)cc1)CCN2. The summed E-state index contributed by atoms with van der Waals surface area (Å²) in [6.07, 6.45) is 5.77. The summed E-state index contributed by atoms with van der Waals surface area (Å²) >= 11 is 0. The van der Waals surface area contributed by atoms with Gasteiger partial charge in [0.05, 0.1) is 5.69 Å². The molecule has 1 N–H and O–H groups in total. The molecule has 1 aliphatic carbocycles. The Morgan fingerprint density at radius 2 is 2.09 bits per heavy atom. The number of benzene rings is 1. The summed E-state index contributed by atoms with van der Waals surface area (Å²) in [6.45, 7) is 5.67. The lowest BCUT2D eigenvalue weighted by Crippen LogP contribution is -2.71. The van der Waals surface area contributed by atoms with Crippen LogP contribution in [0.4, 0.5) is 0 Å². The van der Waals surface area contributed by atoms with Gasteiger partial charge < -0.3 is 5.32 Å². The number of nitrogens with zero attached hydrogens (tertiary/aromatic N) is 2. The van der Waals surface area contributed by atoms with Crippen molar-refractivity contribution in [2.24, 2.45) is 0 Å². The molecular formula is C20H25N3. The molecular weight excluding hydrogens is 282 g/mol. The zero-order chi connectivity index (χ0) is 15.7. The number of hydrogen-bond acceptors (Lipinski definition) is 3. The van der Waals surface area contributed by atoms with Crippen molar-refractivity contribution in [3.05, 3.63) is 54.2 Å². The summed E-state index contributed by atoms with van der Waals surface area (Å²) in [4.78, 5) is 7.11. The first kappa shape index (κ1) is 14.9. The van der Waals surface area contributed by atoms with E-state index in [0.717, 1.165) is 31.4 Å². The summed E-state index contributed by atoms with van der Waals surface area (Å²) in [5.41, 5.74) is 4.04. The van der Waals surface area contributed by atoms with Crippen LogP contribution in [0.2, 0.25) is 0 Å². The molecule has 23 heavy (non-hydrogen) atoms. The van der Waals surface area contributed by atoms with E-state index in [2.05, 4.69) is 52.5 Å². The molecule has 0 radical (unpaired) electrons. The largest absolute Gasteiger partial charge is 0.308 e. The molecule has 120 valence electrons. The van der Waals surface area contributed by atoms with Crippen LogP contribution >= 0.6 is 0 Å². The van der Waals surface area contributed by atoms with Gasteiger partial charge in [-0.3, -0.25) is 9.88 Å². The van der Waals surface area contributed by atoms with Gasteiger partial charge >= 0.3 is 0 Å². The van der Waals surface area contributed by atoms with Crippen LogP contribution in [0.3, 0.4) is 0 Å². The van der Waals surface area contributed by atoms with Gasteiger partial charge in [0.15, 0.2) is 0 Å². The van der Waals surface area contributed by atoms with E-state index < -0.39 is 0 Å². The second-order valence-electron chi connectivity index (χ2n) is 6.87. The van der Waals surface area contributed by atoms with Gasteiger partial charge in [0, 0.05) is 43.0 Å². The molecule has 1 saturated carbocycles. The van der Waals surface area contributed by atoms with Gasteiger partial charge in [-0.1, -0.05) is 37.3 Å². The Labute approximate surface area is 138 Å². The Morgan fingerprint density at radius 3 is 2.74 bits per heavy atom. The molecule has 0 bridgehead atoms. The molecule has 1 aromatic carbocycles. The van der Waals surface area contributed by atoms with E-state index in [4.69, 9.17) is 0 Å².